The van der Waals surface area contributed by atoms with Gasteiger partial charge < -0.3 is 15.6 Å². The molecule has 0 aromatic heterocycles. The molecule has 134 valence electrons. The number of aliphatic carboxylic acids is 1. The number of hydrogen-bond donors (Lipinski definition) is 3. The summed E-state index contributed by atoms with van der Waals surface area (Å²) in [6.07, 6.45) is 0.213. The van der Waals surface area contributed by atoms with Gasteiger partial charge in [0.2, 0.25) is 10.0 Å². The number of rotatable bonds is 8. The van der Waals surface area contributed by atoms with Crippen molar-refractivity contribution in [2.75, 3.05) is 7.11 Å². The summed E-state index contributed by atoms with van der Waals surface area (Å²) in [4.78, 5) is 10.9. The van der Waals surface area contributed by atoms with Crippen LogP contribution in [0.1, 0.15) is 11.1 Å². The predicted molar refractivity (Wildman–Crippen MR) is 92.8 cm³/mol. The molecule has 0 radical (unpaired) electrons. The van der Waals surface area contributed by atoms with Crippen LogP contribution in [-0.4, -0.2) is 32.6 Å². The molecular weight excluding hydrogens is 344 g/mol. The number of nitrogens with one attached hydrogen (secondary N) is 1. The van der Waals surface area contributed by atoms with Crippen molar-refractivity contribution in [3.05, 3.63) is 59.7 Å². The number of methoxy groups -OCH3 is 1. The lowest BCUT2D eigenvalue weighted by Gasteiger charge is -2.10. The van der Waals surface area contributed by atoms with E-state index >= 15 is 0 Å². The van der Waals surface area contributed by atoms with Crippen LogP contribution in [0.5, 0.6) is 5.75 Å². The van der Waals surface area contributed by atoms with Crippen molar-refractivity contribution in [3.63, 3.8) is 0 Å². The molecule has 8 heteroatoms. The van der Waals surface area contributed by atoms with Crippen LogP contribution >= 0.6 is 0 Å². The summed E-state index contributed by atoms with van der Waals surface area (Å²) in [5.41, 5.74) is 7.01. The van der Waals surface area contributed by atoms with Gasteiger partial charge in [0.25, 0.3) is 0 Å². The highest BCUT2D eigenvalue weighted by Crippen LogP contribution is 2.17. The molecule has 2 aromatic rings. The van der Waals surface area contributed by atoms with E-state index in [0.717, 1.165) is 11.1 Å². The molecule has 0 aliphatic heterocycles. The summed E-state index contributed by atoms with van der Waals surface area (Å²) in [5.74, 6) is -0.600. The Balaban J connectivity index is 2.01. The molecule has 2 aromatic carbocycles. The standard InChI is InChI=1S/C17H20N2O5S/c1-24-14-3-2-4-15(10-14)25(22,23)19-11-13-7-5-12(6-8-13)9-16(18)17(20)21/h2-8,10,16,19H,9,11,18H2,1H3,(H,20,21). The van der Waals surface area contributed by atoms with E-state index in [1.165, 1.54) is 19.2 Å². The van der Waals surface area contributed by atoms with Crippen LogP contribution in [0, 0.1) is 0 Å². The van der Waals surface area contributed by atoms with Gasteiger partial charge in [-0.2, -0.15) is 0 Å². The number of nitrogens with two attached hydrogens (primary N) is 1. The molecule has 7 nitrogen and oxygen atoms in total. The molecule has 4 N–H and O–H groups in total. The minimum atomic E-state index is -3.66. The van der Waals surface area contributed by atoms with Crippen LogP contribution in [-0.2, 0) is 27.8 Å². The van der Waals surface area contributed by atoms with Crippen LogP contribution in [0.25, 0.3) is 0 Å². The largest absolute Gasteiger partial charge is 0.497 e. The molecule has 1 atom stereocenters. The summed E-state index contributed by atoms with van der Waals surface area (Å²) in [6, 6.07) is 12.2. The van der Waals surface area contributed by atoms with Gasteiger partial charge in [-0.15, -0.1) is 0 Å². The zero-order valence-electron chi connectivity index (χ0n) is 13.7. The third-order valence-electron chi connectivity index (χ3n) is 3.61. The first-order chi connectivity index (χ1) is 11.8. The second kappa shape index (κ2) is 8.11. The van der Waals surface area contributed by atoms with E-state index in [4.69, 9.17) is 15.6 Å². The molecule has 0 amide bonds. The third kappa shape index (κ3) is 5.28. The Bertz CT molecular complexity index is 834. The molecule has 0 bridgehead atoms. The van der Waals surface area contributed by atoms with E-state index in [1.807, 2.05) is 0 Å². The van der Waals surface area contributed by atoms with Gasteiger partial charge in [-0.25, -0.2) is 13.1 Å². The van der Waals surface area contributed by atoms with Gasteiger partial charge in [0.1, 0.15) is 11.8 Å². The zero-order valence-corrected chi connectivity index (χ0v) is 14.5. The second-order valence-corrected chi connectivity index (χ2v) is 7.24. The van der Waals surface area contributed by atoms with Crippen molar-refractivity contribution in [3.8, 4) is 5.75 Å². The highest BCUT2D eigenvalue weighted by molar-refractivity contribution is 7.89. The fourth-order valence-corrected chi connectivity index (χ4v) is 3.22. The van der Waals surface area contributed by atoms with Crippen LogP contribution in [0.3, 0.4) is 0 Å². The van der Waals surface area contributed by atoms with E-state index in [2.05, 4.69) is 4.72 Å². The minimum absolute atomic E-state index is 0.116. The minimum Gasteiger partial charge on any atom is -0.497 e. The van der Waals surface area contributed by atoms with E-state index in [1.54, 1.807) is 36.4 Å². The number of carboxylic acid groups (broad SMARTS) is 1. The van der Waals surface area contributed by atoms with Gasteiger partial charge >= 0.3 is 5.97 Å². The smallest absolute Gasteiger partial charge is 0.320 e. The van der Waals surface area contributed by atoms with Gasteiger partial charge in [-0.1, -0.05) is 30.3 Å². The summed E-state index contributed by atoms with van der Waals surface area (Å²) in [7, 11) is -2.19. The molecule has 25 heavy (non-hydrogen) atoms. The van der Waals surface area contributed by atoms with Gasteiger partial charge in [-0.3, -0.25) is 4.79 Å². The summed E-state index contributed by atoms with van der Waals surface area (Å²) >= 11 is 0. The SMILES string of the molecule is COc1cccc(S(=O)(=O)NCc2ccc(CC(N)C(=O)O)cc2)c1. The second-order valence-electron chi connectivity index (χ2n) is 5.47. The molecule has 2 rings (SSSR count). The average Bonchev–Trinajstić information content (AvgIpc) is 2.61. The highest BCUT2D eigenvalue weighted by Gasteiger charge is 2.15. The number of hydrogen-bond acceptors (Lipinski definition) is 5. The number of sulfonamides is 1. The highest BCUT2D eigenvalue weighted by atomic mass is 32.2. The molecule has 0 aliphatic rings. The van der Waals surface area contributed by atoms with E-state index in [9.17, 15) is 13.2 Å². The monoisotopic (exact) mass is 364 g/mol. The first kappa shape index (κ1) is 18.9. The van der Waals surface area contributed by atoms with E-state index in [0.29, 0.717) is 5.75 Å². The molecule has 0 fully saturated rings. The van der Waals surface area contributed by atoms with Crippen molar-refractivity contribution < 1.29 is 23.1 Å². The van der Waals surface area contributed by atoms with Crippen molar-refractivity contribution in [1.82, 2.24) is 4.72 Å². The molecule has 0 saturated heterocycles. The van der Waals surface area contributed by atoms with Crippen LogP contribution in [0.4, 0.5) is 0 Å². The van der Waals surface area contributed by atoms with Crippen LogP contribution in [0.2, 0.25) is 0 Å². The Morgan fingerprint density at radius 2 is 1.84 bits per heavy atom. The topological polar surface area (TPSA) is 119 Å². The first-order valence-electron chi connectivity index (χ1n) is 7.52. The molecule has 0 aliphatic carbocycles. The predicted octanol–water partition coefficient (Wildman–Crippen LogP) is 1.13. The Labute approximate surface area is 146 Å². The molecule has 1 unspecified atom stereocenters. The fraction of sp³-hybridized carbons (Fsp3) is 0.235. The van der Waals surface area contributed by atoms with Crippen molar-refractivity contribution in [1.29, 1.82) is 0 Å². The third-order valence-corrected chi connectivity index (χ3v) is 5.01. The Morgan fingerprint density at radius 1 is 1.20 bits per heavy atom. The Morgan fingerprint density at radius 3 is 2.44 bits per heavy atom. The molecular formula is C17H20N2O5S. The van der Waals surface area contributed by atoms with Gasteiger partial charge in [0.15, 0.2) is 0 Å². The molecule has 0 spiro atoms. The molecule has 0 saturated carbocycles. The van der Waals surface area contributed by atoms with Gasteiger partial charge in [0, 0.05) is 12.6 Å². The fourth-order valence-electron chi connectivity index (χ4n) is 2.16. The maximum atomic E-state index is 12.3. The summed E-state index contributed by atoms with van der Waals surface area (Å²) in [5, 5.41) is 8.81. The average molecular weight is 364 g/mol. The Kier molecular flexibility index (Phi) is 6.13. The van der Waals surface area contributed by atoms with E-state index < -0.39 is 22.0 Å². The number of ether oxygens (including phenoxy) is 1. The summed E-state index contributed by atoms with van der Waals surface area (Å²) < 4.78 is 32.2. The first-order valence-corrected chi connectivity index (χ1v) is 9.00. The maximum absolute atomic E-state index is 12.3. The van der Waals surface area contributed by atoms with Crippen molar-refractivity contribution in [2.45, 2.75) is 23.9 Å². The van der Waals surface area contributed by atoms with Crippen LogP contribution < -0.4 is 15.2 Å². The lowest BCUT2D eigenvalue weighted by atomic mass is 10.0. The lowest BCUT2D eigenvalue weighted by molar-refractivity contribution is -0.138. The van der Waals surface area contributed by atoms with Crippen LogP contribution in [0.15, 0.2) is 53.4 Å². The number of benzene rings is 2. The van der Waals surface area contributed by atoms with Gasteiger partial charge in [-0.05, 0) is 29.7 Å². The zero-order chi connectivity index (χ0) is 18.4. The normalized spacial score (nSPS) is 12.6. The van der Waals surface area contributed by atoms with Crippen molar-refractivity contribution >= 4 is 16.0 Å². The van der Waals surface area contributed by atoms with Crippen molar-refractivity contribution in [2.24, 2.45) is 5.73 Å². The molecule has 0 heterocycles. The summed E-state index contributed by atoms with van der Waals surface area (Å²) in [6.45, 7) is 0.116. The number of carboxylic acids is 1. The number of carbonyl (C=O) groups is 1. The Hall–Kier alpha value is -2.42. The maximum Gasteiger partial charge on any atom is 0.320 e. The van der Waals surface area contributed by atoms with E-state index in [-0.39, 0.29) is 17.9 Å². The lowest BCUT2D eigenvalue weighted by Crippen LogP contribution is -2.32. The quantitative estimate of drug-likeness (QED) is 0.646. The van der Waals surface area contributed by atoms with Gasteiger partial charge in [0.05, 0.1) is 12.0 Å².